The third kappa shape index (κ3) is 3.25. The molecule has 2 N–H and O–H groups in total. The van der Waals surface area contributed by atoms with Gasteiger partial charge in [0.15, 0.2) is 9.84 Å². The molecule has 0 saturated carbocycles. The smallest absolute Gasteiger partial charge is 0.248 e. The molecule has 1 amide bonds. The lowest BCUT2D eigenvalue weighted by molar-refractivity contribution is -0.133. The topological polar surface area (TPSA) is 92.7 Å². The van der Waals surface area contributed by atoms with Crippen LogP contribution in [-0.2, 0) is 27.5 Å². The zero-order valence-corrected chi connectivity index (χ0v) is 14.5. The summed E-state index contributed by atoms with van der Waals surface area (Å²) in [5, 5.41) is 8.10. The van der Waals surface area contributed by atoms with Gasteiger partial charge in [-0.2, -0.15) is 0 Å². The Hall–Kier alpha value is -2.38. The fourth-order valence-corrected chi connectivity index (χ4v) is 5.21. The molecule has 1 aliphatic rings. The van der Waals surface area contributed by atoms with Gasteiger partial charge in [0.1, 0.15) is 5.75 Å². The van der Waals surface area contributed by atoms with E-state index in [4.69, 9.17) is 9.94 Å². The van der Waals surface area contributed by atoms with E-state index in [0.717, 1.165) is 11.1 Å². The summed E-state index contributed by atoms with van der Waals surface area (Å²) in [6, 6.07) is 13.6. The fourth-order valence-electron chi connectivity index (χ4n) is 3.29. The summed E-state index contributed by atoms with van der Waals surface area (Å²) >= 11 is 0. The van der Waals surface area contributed by atoms with E-state index in [1.165, 1.54) is 19.2 Å². The molecule has 0 bridgehead atoms. The van der Waals surface area contributed by atoms with Crippen molar-refractivity contribution < 1.29 is 23.2 Å². The van der Waals surface area contributed by atoms with Crippen LogP contribution in [0.25, 0.3) is 0 Å². The Bertz CT molecular complexity index is 877. The number of sulfone groups is 1. The second-order valence-corrected chi connectivity index (χ2v) is 8.19. The van der Waals surface area contributed by atoms with Gasteiger partial charge >= 0.3 is 0 Å². The predicted octanol–water partition coefficient (Wildman–Crippen LogP) is 1.76. The molecule has 1 aliphatic carbocycles. The first-order valence-corrected chi connectivity index (χ1v) is 9.40. The Morgan fingerprint density at radius 2 is 1.68 bits per heavy atom. The molecule has 0 aromatic heterocycles. The first-order valence-electron chi connectivity index (χ1n) is 7.86. The highest BCUT2D eigenvalue weighted by Crippen LogP contribution is 2.33. The second kappa shape index (κ2) is 6.85. The normalized spacial score (nSPS) is 19.8. The van der Waals surface area contributed by atoms with Gasteiger partial charge < -0.3 is 4.74 Å². The molecule has 0 saturated heterocycles. The molecular weight excluding hydrogens is 342 g/mol. The number of amides is 1. The van der Waals surface area contributed by atoms with Crippen molar-refractivity contribution in [2.45, 2.75) is 23.0 Å². The number of carbonyl (C=O) groups is 1. The highest BCUT2D eigenvalue weighted by atomic mass is 32.2. The molecule has 0 aliphatic heterocycles. The SMILES string of the molecule is COc1ccc(S(=O)(=O)C2Cc3ccccc3CC2C(=O)NO)cc1. The van der Waals surface area contributed by atoms with Crippen LogP contribution in [0.3, 0.4) is 0 Å². The summed E-state index contributed by atoms with van der Waals surface area (Å²) in [5.74, 6) is -0.985. The van der Waals surface area contributed by atoms with E-state index < -0.39 is 26.9 Å². The number of fused-ring (bicyclic) bond motifs is 1. The van der Waals surface area contributed by atoms with Crippen LogP contribution in [0.4, 0.5) is 0 Å². The Balaban J connectivity index is 2.03. The number of hydrogen-bond acceptors (Lipinski definition) is 5. The summed E-state index contributed by atoms with van der Waals surface area (Å²) in [6.07, 6.45) is 0.491. The van der Waals surface area contributed by atoms with Crippen LogP contribution in [-0.4, -0.2) is 31.9 Å². The molecule has 2 atom stereocenters. The zero-order chi connectivity index (χ0) is 18.0. The molecule has 2 unspecified atom stereocenters. The van der Waals surface area contributed by atoms with Crippen LogP contribution in [0.15, 0.2) is 53.4 Å². The van der Waals surface area contributed by atoms with Crippen LogP contribution < -0.4 is 10.2 Å². The molecule has 0 spiro atoms. The first kappa shape index (κ1) is 17.4. The summed E-state index contributed by atoms with van der Waals surface area (Å²) in [7, 11) is -2.26. The van der Waals surface area contributed by atoms with Crippen molar-refractivity contribution in [2.24, 2.45) is 5.92 Å². The number of hydrogen-bond donors (Lipinski definition) is 2. The third-order valence-electron chi connectivity index (χ3n) is 4.66. The van der Waals surface area contributed by atoms with Gasteiger partial charge in [-0.1, -0.05) is 24.3 Å². The Labute approximate surface area is 146 Å². The molecule has 132 valence electrons. The van der Waals surface area contributed by atoms with Crippen molar-refractivity contribution in [3.8, 4) is 5.75 Å². The molecule has 7 heteroatoms. The number of rotatable bonds is 4. The Kier molecular flexibility index (Phi) is 4.78. The van der Waals surface area contributed by atoms with Crippen molar-refractivity contribution in [3.63, 3.8) is 0 Å². The average Bonchev–Trinajstić information content (AvgIpc) is 2.66. The lowest BCUT2D eigenvalue weighted by Crippen LogP contribution is -2.45. The van der Waals surface area contributed by atoms with Crippen LogP contribution in [0.2, 0.25) is 0 Å². The fraction of sp³-hybridized carbons (Fsp3) is 0.278. The number of hydroxylamine groups is 1. The minimum absolute atomic E-state index is 0.133. The maximum absolute atomic E-state index is 13.1. The van der Waals surface area contributed by atoms with E-state index in [9.17, 15) is 13.2 Å². The van der Waals surface area contributed by atoms with E-state index in [-0.39, 0.29) is 17.7 Å². The van der Waals surface area contributed by atoms with Crippen LogP contribution in [0.5, 0.6) is 5.75 Å². The van der Waals surface area contributed by atoms with Crippen molar-refractivity contribution in [1.82, 2.24) is 5.48 Å². The number of nitrogens with one attached hydrogen (secondary N) is 1. The van der Waals surface area contributed by atoms with Crippen molar-refractivity contribution in [3.05, 3.63) is 59.7 Å². The quantitative estimate of drug-likeness (QED) is 0.639. The summed E-state index contributed by atoms with van der Waals surface area (Å²) in [4.78, 5) is 12.3. The number of ether oxygens (including phenoxy) is 1. The average molecular weight is 361 g/mol. The first-order chi connectivity index (χ1) is 12.0. The van der Waals surface area contributed by atoms with Crippen LogP contribution >= 0.6 is 0 Å². The minimum Gasteiger partial charge on any atom is -0.497 e. The van der Waals surface area contributed by atoms with E-state index in [0.29, 0.717) is 5.75 Å². The molecule has 2 aromatic carbocycles. The molecule has 6 nitrogen and oxygen atoms in total. The van der Waals surface area contributed by atoms with Crippen molar-refractivity contribution in [1.29, 1.82) is 0 Å². The molecule has 0 radical (unpaired) electrons. The maximum Gasteiger partial charge on any atom is 0.248 e. The molecule has 25 heavy (non-hydrogen) atoms. The number of carbonyl (C=O) groups excluding carboxylic acids is 1. The molecule has 0 heterocycles. The zero-order valence-electron chi connectivity index (χ0n) is 13.7. The molecule has 2 aromatic rings. The lowest BCUT2D eigenvalue weighted by Gasteiger charge is -2.31. The molecular formula is C18H19NO5S. The lowest BCUT2D eigenvalue weighted by atomic mass is 9.83. The number of benzene rings is 2. The van der Waals surface area contributed by atoms with Crippen LogP contribution in [0, 0.1) is 5.92 Å². The maximum atomic E-state index is 13.1. The predicted molar refractivity (Wildman–Crippen MR) is 91.2 cm³/mol. The monoisotopic (exact) mass is 361 g/mol. The standard InChI is InChI=1S/C18H19NO5S/c1-24-14-6-8-15(9-7-14)25(22,23)17-11-13-5-3-2-4-12(13)10-16(17)18(20)19-21/h2-9,16-17,21H,10-11H2,1H3,(H,19,20). The van der Waals surface area contributed by atoms with E-state index >= 15 is 0 Å². The van der Waals surface area contributed by atoms with E-state index in [1.807, 2.05) is 24.3 Å². The van der Waals surface area contributed by atoms with Gasteiger partial charge in [0.05, 0.1) is 23.2 Å². The van der Waals surface area contributed by atoms with Crippen molar-refractivity contribution >= 4 is 15.7 Å². The van der Waals surface area contributed by atoms with Crippen LogP contribution in [0.1, 0.15) is 11.1 Å². The third-order valence-corrected chi connectivity index (χ3v) is 6.88. The van der Waals surface area contributed by atoms with Gasteiger partial charge in [-0.05, 0) is 48.2 Å². The molecule has 0 fully saturated rings. The highest BCUT2D eigenvalue weighted by molar-refractivity contribution is 7.92. The van der Waals surface area contributed by atoms with Gasteiger partial charge in [-0.15, -0.1) is 0 Å². The Morgan fingerprint density at radius 3 is 2.24 bits per heavy atom. The summed E-state index contributed by atoms with van der Waals surface area (Å²) in [5.41, 5.74) is 3.45. The van der Waals surface area contributed by atoms with Gasteiger partial charge in [-0.25, -0.2) is 13.9 Å². The minimum atomic E-state index is -3.76. The second-order valence-electron chi connectivity index (χ2n) is 6.02. The summed E-state index contributed by atoms with van der Waals surface area (Å²) in [6.45, 7) is 0. The van der Waals surface area contributed by atoms with E-state index in [1.54, 1.807) is 17.6 Å². The summed E-state index contributed by atoms with van der Waals surface area (Å²) < 4.78 is 31.3. The van der Waals surface area contributed by atoms with Gasteiger partial charge in [-0.3, -0.25) is 10.0 Å². The van der Waals surface area contributed by atoms with Crippen molar-refractivity contribution in [2.75, 3.05) is 7.11 Å². The van der Waals surface area contributed by atoms with Gasteiger partial charge in [0.2, 0.25) is 5.91 Å². The Morgan fingerprint density at radius 1 is 1.08 bits per heavy atom. The largest absolute Gasteiger partial charge is 0.497 e. The van der Waals surface area contributed by atoms with Gasteiger partial charge in [0, 0.05) is 0 Å². The molecule has 3 rings (SSSR count). The highest BCUT2D eigenvalue weighted by Gasteiger charge is 2.42. The van der Waals surface area contributed by atoms with Gasteiger partial charge in [0.25, 0.3) is 0 Å². The number of methoxy groups -OCH3 is 1. The van der Waals surface area contributed by atoms with E-state index in [2.05, 4.69) is 0 Å².